The van der Waals surface area contributed by atoms with Crippen LogP contribution < -0.4 is 20.5 Å². The predicted molar refractivity (Wildman–Crippen MR) is 76.0 cm³/mol. The first-order valence-corrected chi connectivity index (χ1v) is 6.88. The second-order valence-electron chi connectivity index (χ2n) is 5.42. The van der Waals surface area contributed by atoms with E-state index >= 15 is 0 Å². The highest BCUT2D eigenvalue weighted by atomic mass is 16.7. The minimum atomic E-state index is -0.109. The summed E-state index contributed by atoms with van der Waals surface area (Å²) >= 11 is 0. The number of anilines is 2. The molecule has 3 N–H and O–H groups in total. The van der Waals surface area contributed by atoms with Crippen molar-refractivity contribution in [3.05, 3.63) is 12.1 Å². The molecule has 2 amide bonds. The number of fused-ring (bicyclic) bond motifs is 1. The Hall–Kier alpha value is -2.11. The topological polar surface area (TPSA) is 76.8 Å². The van der Waals surface area contributed by atoms with E-state index < -0.39 is 0 Å². The lowest BCUT2D eigenvalue weighted by Crippen LogP contribution is -2.41. The van der Waals surface area contributed by atoms with Crippen LogP contribution in [0.25, 0.3) is 0 Å². The molecule has 0 radical (unpaired) electrons. The molecule has 1 saturated heterocycles. The SMILES string of the molecule is CC1CCCN(C(=O)Nc2cc3c(cc2N)OCO3)C1. The number of nitrogens with two attached hydrogens (primary N) is 1. The zero-order chi connectivity index (χ0) is 14.1. The third kappa shape index (κ3) is 2.45. The van der Waals surface area contributed by atoms with Gasteiger partial charge in [-0.2, -0.15) is 0 Å². The van der Waals surface area contributed by atoms with Gasteiger partial charge in [0.15, 0.2) is 11.5 Å². The Morgan fingerprint density at radius 2 is 2.15 bits per heavy atom. The number of rotatable bonds is 1. The molecular formula is C14H19N3O3. The van der Waals surface area contributed by atoms with Crippen molar-refractivity contribution in [2.75, 3.05) is 30.9 Å². The number of hydrogen-bond acceptors (Lipinski definition) is 4. The van der Waals surface area contributed by atoms with E-state index in [1.807, 2.05) is 4.90 Å². The molecule has 108 valence electrons. The number of ether oxygens (including phenoxy) is 2. The van der Waals surface area contributed by atoms with Crippen molar-refractivity contribution < 1.29 is 14.3 Å². The van der Waals surface area contributed by atoms with Gasteiger partial charge in [-0.05, 0) is 18.8 Å². The summed E-state index contributed by atoms with van der Waals surface area (Å²) in [5.41, 5.74) is 6.98. The third-order valence-electron chi connectivity index (χ3n) is 3.73. The average molecular weight is 277 g/mol. The summed E-state index contributed by atoms with van der Waals surface area (Å²) < 4.78 is 10.5. The van der Waals surface area contributed by atoms with Crippen molar-refractivity contribution in [2.45, 2.75) is 19.8 Å². The highest BCUT2D eigenvalue weighted by Gasteiger charge is 2.22. The molecule has 0 aromatic heterocycles. The number of amides is 2. The largest absolute Gasteiger partial charge is 0.454 e. The van der Waals surface area contributed by atoms with Gasteiger partial charge in [0.25, 0.3) is 0 Å². The Kier molecular flexibility index (Phi) is 3.30. The number of nitrogen functional groups attached to an aromatic ring is 1. The lowest BCUT2D eigenvalue weighted by molar-refractivity contribution is 0.174. The molecule has 1 aromatic rings. The van der Waals surface area contributed by atoms with Crippen LogP contribution in [0.1, 0.15) is 19.8 Å². The van der Waals surface area contributed by atoms with E-state index in [0.29, 0.717) is 28.8 Å². The van der Waals surface area contributed by atoms with E-state index in [1.54, 1.807) is 12.1 Å². The number of nitrogens with zero attached hydrogens (tertiary/aromatic N) is 1. The Balaban J connectivity index is 1.72. The molecule has 0 bridgehead atoms. The van der Waals surface area contributed by atoms with Crippen molar-refractivity contribution in [3.63, 3.8) is 0 Å². The summed E-state index contributed by atoms with van der Waals surface area (Å²) in [7, 11) is 0. The summed E-state index contributed by atoms with van der Waals surface area (Å²) in [5.74, 6) is 1.78. The van der Waals surface area contributed by atoms with Crippen LogP contribution in [0.4, 0.5) is 16.2 Å². The smallest absolute Gasteiger partial charge is 0.321 e. The van der Waals surface area contributed by atoms with Gasteiger partial charge in [-0.1, -0.05) is 6.92 Å². The number of nitrogens with one attached hydrogen (secondary N) is 1. The van der Waals surface area contributed by atoms with Crippen molar-refractivity contribution >= 4 is 17.4 Å². The summed E-state index contributed by atoms with van der Waals surface area (Å²) in [6.45, 7) is 3.93. The maximum absolute atomic E-state index is 12.3. The van der Waals surface area contributed by atoms with E-state index in [1.165, 1.54) is 6.42 Å². The van der Waals surface area contributed by atoms with Gasteiger partial charge in [-0.15, -0.1) is 0 Å². The normalized spacial score (nSPS) is 20.9. The molecule has 2 aliphatic rings. The van der Waals surface area contributed by atoms with Gasteiger partial charge in [-0.3, -0.25) is 0 Å². The molecule has 0 aliphatic carbocycles. The number of likely N-dealkylation sites (tertiary alicyclic amines) is 1. The molecule has 1 atom stereocenters. The number of carbonyl (C=O) groups excluding carboxylic acids is 1. The minimum absolute atomic E-state index is 0.109. The first-order valence-electron chi connectivity index (χ1n) is 6.88. The van der Waals surface area contributed by atoms with E-state index in [4.69, 9.17) is 15.2 Å². The third-order valence-corrected chi connectivity index (χ3v) is 3.73. The number of piperidine rings is 1. The van der Waals surface area contributed by atoms with E-state index in [9.17, 15) is 4.79 Å². The average Bonchev–Trinajstić information content (AvgIpc) is 2.86. The summed E-state index contributed by atoms with van der Waals surface area (Å²) in [4.78, 5) is 14.1. The van der Waals surface area contributed by atoms with Crippen LogP contribution in [0.3, 0.4) is 0 Å². The maximum Gasteiger partial charge on any atom is 0.321 e. The van der Waals surface area contributed by atoms with Crippen LogP contribution in [0.2, 0.25) is 0 Å². The van der Waals surface area contributed by atoms with Gasteiger partial charge in [0.1, 0.15) is 0 Å². The summed E-state index contributed by atoms with van der Waals surface area (Å²) in [5, 5.41) is 2.86. The number of hydrogen-bond donors (Lipinski definition) is 2. The fraction of sp³-hybridized carbons (Fsp3) is 0.500. The van der Waals surface area contributed by atoms with Gasteiger partial charge < -0.3 is 25.4 Å². The molecule has 3 rings (SSSR count). The maximum atomic E-state index is 12.3. The second-order valence-corrected chi connectivity index (χ2v) is 5.42. The number of benzene rings is 1. The molecule has 1 unspecified atom stereocenters. The summed E-state index contributed by atoms with van der Waals surface area (Å²) in [6.07, 6.45) is 2.22. The van der Waals surface area contributed by atoms with Crippen LogP contribution in [0.15, 0.2) is 12.1 Å². The molecule has 6 nitrogen and oxygen atoms in total. The van der Waals surface area contributed by atoms with Gasteiger partial charge in [-0.25, -0.2) is 4.79 Å². The van der Waals surface area contributed by atoms with E-state index in [0.717, 1.165) is 19.5 Å². The van der Waals surface area contributed by atoms with Crippen LogP contribution in [0, 0.1) is 5.92 Å². The highest BCUT2D eigenvalue weighted by molar-refractivity contribution is 5.93. The van der Waals surface area contributed by atoms with Crippen LogP contribution in [0.5, 0.6) is 11.5 Å². The molecule has 1 aromatic carbocycles. The number of carbonyl (C=O) groups is 1. The molecule has 0 saturated carbocycles. The van der Waals surface area contributed by atoms with E-state index in [2.05, 4.69) is 12.2 Å². The predicted octanol–water partition coefficient (Wildman–Crippen LogP) is 2.26. The monoisotopic (exact) mass is 277 g/mol. The lowest BCUT2D eigenvalue weighted by atomic mass is 10.0. The van der Waals surface area contributed by atoms with Crippen molar-refractivity contribution in [3.8, 4) is 11.5 Å². The standard InChI is InChI=1S/C14H19N3O3/c1-9-3-2-4-17(7-9)14(18)16-11-6-13-12(5-10(11)15)19-8-20-13/h5-6,9H,2-4,7-8,15H2,1H3,(H,16,18). The quantitative estimate of drug-likeness (QED) is 0.772. The first-order chi connectivity index (χ1) is 9.63. The Labute approximate surface area is 117 Å². The van der Waals surface area contributed by atoms with Gasteiger partial charge in [0, 0.05) is 25.2 Å². The molecule has 6 heteroatoms. The number of urea groups is 1. The van der Waals surface area contributed by atoms with Crippen molar-refractivity contribution in [2.24, 2.45) is 5.92 Å². The van der Waals surface area contributed by atoms with E-state index in [-0.39, 0.29) is 12.8 Å². The fourth-order valence-electron chi connectivity index (χ4n) is 2.63. The Bertz CT molecular complexity index is 533. The Morgan fingerprint density at radius 3 is 2.90 bits per heavy atom. The van der Waals surface area contributed by atoms with Crippen LogP contribution in [-0.4, -0.2) is 30.8 Å². The van der Waals surface area contributed by atoms with Crippen LogP contribution >= 0.6 is 0 Å². The zero-order valence-electron chi connectivity index (χ0n) is 11.5. The fourth-order valence-corrected chi connectivity index (χ4v) is 2.63. The minimum Gasteiger partial charge on any atom is -0.454 e. The molecule has 0 spiro atoms. The Morgan fingerprint density at radius 1 is 1.40 bits per heavy atom. The lowest BCUT2D eigenvalue weighted by Gasteiger charge is -2.31. The van der Waals surface area contributed by atoms with Crippen LogP contribution in [-0.2, 0) is 0 Å². The molecule has 1 fully saturated rings. The van der Waals surface area contributed by atoms with Crippen molar-refractivity contribution in [1.29, 1.82) is 0 Å². The molecular weight excluding hydrogens is 258 g/mol. The van der Waals surface area contributed by atoms with Gasteiger partial charge >= 0.3 is 6.03 Å². The molecule has 2 aliphatic heterocycles. The first kappa shape index (κ1) is 12.9. The second kappa shape index (κ2) is 5.11. The summed E-state index contributed by atoms with van der Waals surface area (Å²) in [6, 6.07) is 3.28. The molecule has 2 heterocycles. The highest BCUT2D eigenvalue weighted by Crippen LogP contribution is 2.38. The zero-order valence-corrected chi connectivity index (χ0v) is 11.5. The molecule has 20 heavy (non-hydrogen) atoms. The van der Waals surface area contributed by atoms with Crippen molar-refractivity contribution in [1.82, 2.24) is 4.90 Å². The van der Waals surface area contributed by atoms with Gasteiger partial charge in [0.05, 0.1) is 11.4 Å². The van der Waals surface area contributed by atoms with Gasteiger partial charge in [0.2, 0.25) is 6.79 Å².